The molecule has 0 aromatic carbocycles. The Hall–Kier alpha value is -1.71. The summed E-state index contributed by atoms with van der Waals surface area (Å²) in [5, 5.41) is 0. The number of aromatic nitrogens is 2. The summed E-state index contributed by atoms with van der Waals surface area (Å²) in [6.07, 6.45) is 4.91. The lowest BCUT2D eigenvalue weighted by Gasteiger charge is -2.16. The molecule has 0 atom stereocenters. The maximum absolute atomic E-state index is 13.1. The molecule has 0 aliphatic carbocycles. The van der Waals surface area contributed by atoms with E-state index in [1.165, 1.54) is 18.7 Å². The topological polar surface area (TPSA) is 38.9 Å². The molecule has 0 spiro atoms. The first kappa shape index (κ1) is 11.8. The fourth-order valence-corrected chi connectivity index (χ4v) is 1.67. The van der Waals surface area contributed by atoms with Gasteiger partial charge >= 0.3 is 0 Å². The summed E-state index contributed by atoms with van der Waals surface area (Å²) >= 11 is 0. The highest BCUT2D eigenvalue weighted by molar-refractivity contribution is 5.58. The van der Waals surface area contributed by atoms with Crippen LogP contribution >= 0.6 is 0 Å². The number of hydrogen-bond donors (Lipinski definition) is 0. The maximum Gasteiger partial charge on any atom is 0.181 e. The third kappa shape index (κ3) is 2.90. The molecule has 2 heterocycles. The summed E-state index contributed by atoms with van der Waals surface area (Å²) in [4.78, 5) is 8.01. The van der Waals surface area contributed by atoms with E-state index in [1.54, 1.807) is 6.20 Å². The van der Waals surface area contributed by atoms with Crippen LogP contribution in [0.5, 0.6) is 0 Å². The van der Waals surface area contributed by atoms with Crippen molar-refractivity contribution in [2.45, 2.75) is 27.2 Å². The van der Waals surface area contributed by atoms with Gasteiger partial charge in [0.05, 0.1) is 11.9 Å². The van der Waals surface area contributed by atoms with Gasteiger partial charge in [-0.1, -0.05) is 20.8 Å². The molecule has 0 N–H and O–H groups in total. The number of hydrogen-bond acceptors (Lipinski definition) is 3. The predicted octanol–water partition coefficient (Wildman–Crippen LogP) is 3.46. The third-order valence-electron chi connectivity index (χ3n) is 2.31. The van der Waals surface area contributed by atoms with Crippen molar-refractivity contribution in [2.75, 3.05) is 0 Å². The first-order chi connectivity index (χ1) is 7.96. The molecule has 0 fully saturated rings. The van der Waals surface area contributed by atoms with Gasteiger partial charge in [0.15, 0.2) is 12.2 Å². The van der Waals surface area contributed by atoms with Gasteiger partial charge in [0, 0.05) is 11.8 Å². The van der Waals surface area contributed by atoms with Gasteiger partial charge in [-0.3, -0.25) is 4.98 Å². The van der Waals surface area contributed by atoms with Crippen molar-refractivity contribution in [3.8, 4) is 11.3 Å². The Morgan fingerprint density at radius 2 is 2.06 bits per heavy atom. The summed E-state index contributed by atoms with van der Waals surface area (Å²) in [6.45, 7) is 6.36. The van der Waals surface area contributed by atoms with Crippen LogP contribution in [-0.4, -0.2) is 9.97 Å². The van der Waals surface area contributed by atoms with Gasteiger partial charge in [0.1, 0.15) is 5.82 Å². The first-order valence-corrected chi connectivity index (χ1v) is 5.49. The van der Waals surface area contributed by atoms with E-state index >= 15 is 0 Å². The van der Waals surface area contributed by atoms with Gasteiger partial charge in [0.25, 0.3) is 0 Å². The molecule has 4 heteroatoms. The van der Waals surface area contributed by atoms with Crippen LogP contribution in [0.4, 0.5) is 4.39 Å². The van der Waals surface area contributed by atoms with Gasteiger partial charge in [0.2, 0.25) is 0 Å². The lowest BCUT2D eigenvalue weighted by Crippen LogP contribution is -2.10. The van der Waals surface area contributed by atoms with Crippen LogP contribution in [0, 0.1) is 11.2 Å². The lowest BCUT2D eigenvalue weighted by molar-refractivity contribution is 0.406. The fraction of sp³-hybridized carbons (Fsp3) is 0.385. The molecular formula is C13H15FN2O. The SMILES string of the molecule is CC(C)(C)Cc1ncoc1-c1cncc(F)c1. The molecule has 2 aromatic heterocycles. The molecule has 0 saturated carbocycles. The summed E-state index contributed by atoms with van der Waals surface area (Å²) in [6, 6.07) is 1.40. The summed E-state index contributed by atoms with van der Waals surface area (Å²) < 4.78 is 18.4. The lowest BCUT2D eigenvalue weighted by atomic mass is 9.89. The molecule has 2 rings (SSSR count). The van der Waals surface area contributed by atoms with E-state index in [0.717, 1.165) is 12.1 Å². The minimum Gasteiger partial charge on any atom is -0.443 e. The maximum atomic E-state index is 13.1. The third-order valence-corrected chi connectivity index (χ3v) is 2.31. The zero-order chi connectivity index (χ0) is 12.5. The van der Waals surface area contributed by atoms with Gasteiger partial charge < -0.3 is 4.42 Å². The quantitative estimate of drug-likeness (QED) is 0.798. The van der Waals surface area contributed by atoms with E-state index in [9.17, 15) is 4.39 Å². The minimum atomic E-state index is -0.374. The molecule has 17 heavy (non-hydrogen) atoms. The monoisotopic (exact) mass is 234 g/mol. The Kier molecular flexibility index (Phi) is 2.96. The van der Waals surface area contributed by atoms with E-state index in [0.29, 0.717) is 11.3 Å². The van der Waals surface area contributed by atoms with Crippen molar-refractivity contribution in [2.24, 2.45) is 5.41 Å². The molecule has 0 saturated heterocycles. The van der Waals surface area contributed by atoms with Crippen LogP contribution in [0.1, 0.15) is 26.5 Å². The summed E-state index contributed by atoms with van der Waals surface area (Å²) in [5.41, 5.74) is 1.57. The second-order valence-corrected chi connectivity index (χ2v) is 5.26. The highest BCUT2D eigenvalue weighted by Gasteiger charge is 2.18. The van der Waals surface area contributed by atoms with E-state index < -0.39 is 0 Å². The molecule has 0 aliphatic heterocycles. The van der Waals surface area contributed by atoms with Gasteiger partial charge in [-0.2, -0.15) is 0 Å². The van der Waals surface area contributed by atoms with E-state index in [1.807, 2.05) is 0 Å². The summed E-state index contributed by atoms with van der Waals surface area (Å²) in [7, 11) is 0. The average molecular weight is 234 g/mol. The summed E-state index contributed by atoms with van der Waals surface area (Å²) in [5.74, 6) is 0.229. The molecule has 0 unspecified atom stereocenters. The van der Waals surface area contributed by atoms with Crippen LogP contribution in [0.2, 0.25) is 0 Å². The van der Waals surface area contributed by atoms with Crippen molar-refractivity contribution in [1.82, 2.24) is 9.97 Å². The van der Waals surface area contributed by atoms with Crippen LogP contribution < -0.4 is 0 Å². The number of pyridine rings is 1. The molecule has 90 valence electrons. The fourth-order valence-electron chi connectivity index (χ4n) is 1.67. The van der Waals surface area contributed by atoms with Crippen LogP contribution in [-0.2, 0) is 6.42 Å². The van der Waals surface area contributed by atoms with Crippen LogP contribution in [0.15, 0.2) is 29.3 Å². The van der Waals surface area contributed by atoms with Gasteiger partial charge in [-0.05, 0) is 17.9 Å². The molecule has 3 nitrogen and oxygen atoms in total. The molecular weight excluding hydrogens is 219 g/mol. The number of nitrogens with zero attached hydrogens (tertiary/aromatic N) is 2. The largest absolute Gasteiger partial charge is 0.443 e. The Balaban J connectivity index is 2.37. The standard InChI is InChI=1S/C13H15FN2O/c1-13(2,3)5-11-12(17-8-16-11)9-4-10(14)7-15-6-9/h4,6-8H,5H2,1-3H3. The number of halogens is 1. The molecule has 2 aromatic rings. The van der Waals surface area contributed by atoms with Crippen LogP contribution in [0.3, 0.4) is 0 Å². The van der Waals surface area contributed by atoms with Crippen molar-refractivity contribution in [3.63, 3.8) is 0 Å². The zero-order valence-electron chi connectivity index (χ0n) is 10.2. The second-order valence-electron chi connectivity index (χ2n) is 5.26. The van der Waals surface area contributed by atoms with Gasteiger partial charge in [-0.25, -0.2) is 9.37 Å². The number of rotatable bonds is 2. The normalized spacial score (nSPS) is 11.8. The minimum absolute atomic E-state index is 0.104. The number of oxazole rings is 1. The molecule has 0 radical (unpaired) electrons. The molecule has 0 bridgehead atoms. The highest BCUT2D eigenvalue weighted by atomic mass is 19.1. The average Bonchev–Trinajstić information content (AvgIpc) is 2.63. The smallest absolute Gasteiger partial charge is 0.181 e. The van der Waals surface area contributed by atoms with Crippen molar-refractivity contribution >= 4 is 0 Å². The van der Waals surface area contributed by atoms with Gasteiger partial charge in [-0.15, -0.1) is 0 Å². The second kappa shape index (κ2) is 4.28. The van der Waals surface area contributed by atoms with Crippen molar-refractivity contribution < 1.29 is 8.81 Å². The van der Waals surface area contributed by atoms with Crippen molar-refractivity contribution in [3.05, 3.63) is 36.4 Å². The van der Waals surface area contributed by atoms with E-state index in [2.05, 4.69) is 30.7 Å². The Bertz CT molecular complexity index is 514. The Labute approximate surface area is 99.7 Å². The van der Waals surface area contributed by atoms with Crippen LogP contribution in [0.25, 0.3) is 11.3 Å². The molecule has 0 amide bonds. The Morgan fingerprint density at radius 3 is 2.71 bits per heavy atom. The zero-order valence-corrected chi connectivity index (χ0v) is 10.2. The first-order valence-electron chi connectivity index (χ1n) is 5.49. The highest BCUT2D eigenvalue weighted by Crippen LogP contribution is 2.28. The predicted molar refractivity (Wildman–Crippen MR) is 62.9 cm³/mol. The van der Waals surface area contributed by atoms with E-state index in [-0.39, 0.29) is 11.2 Å². The van der Waals surface area contributed by atoms with Crippen molar-refractivity contribution in [1.29, 1.82) is 0 Å². The molecule has 0 aliphatic rings. The Morgan fingerprint density at radius 1 is 1.29 bits per heavy atom. The van der Waals surface area contributed by atoms with E-state index in [4.69, 9.17) is 4.42 Å².